The average molecular weight is 438 g/mol. The first-order chi connectivity index (χ1) is 14.0. The Labute approximate surface area is 183 Å². The molecule has 0 saturated carbocycles. The number of nitrogens with zero attached hydrogens (tertiary/aromatic N) is 3. The fourth-order valence-electron chi connectivity index (χ4n) is 4.00. The predicted molar refractivity (Wildman–Crippen MR) is 118 cm³/mol. The Kier molecular flexibility index (Phi) is 7.99. The molecule has 1 atom stereocenters. The van der Waals surface area contributed by atoms with Crippen molar-refractivity contribution >= 4 is 41.1 Å². The number of piperidine rings is 1. The lowest BCUT2D eigenvalue weighted by atomic mass is 10.1. The monoisotopic (exact) mass is 437 g/mol. The van der Waals surface area contributed by atoms with Gasteiger partial charge in [0.1, 0.15) is 6.04 Å². The Hall–Kier alpha value is -1.56. The van der Waals surface area contributed by atoms with E-state index in [4.69, 9.17) is 23.2 Å². The number of likely N-dealkylation sites (tertiary alicyclic amines) is 1. The van der Waals surface area contributed by atoms with Gasteiger partial charge in [-0.05, 0) is 69.6 Å². The number of rotatable bonds is 6. The van der Waals surface area contributed by atoms with E-state index in [1.54, 1.807) is 29.2 Å². The van der Waals surface area contributed by atoms with Gasteiger partial charge in [0.25, 0.3) is 0 Å². The first-order valence-electron chi connectivity index (χ1n) is 10.4. The molecule has 29 heavy (non-hydrogen) atoms. The van der Waals surface area contributed by atoms with E-state index in [1.807, 2.05) is 11.8 Å². The van der Waals surface area contributed by atoms with Crippen LogP contribution in [0.2, 0.25) is 10.0 Å². The van der Waals surface area contributed by atoms with E-state index in [0.29, 0.717) is 23.1 Å². The quantitative estimate of drug-likeness (QED) is 0.632. The van der Waals surface area contributed by atoms with Crippen molar-refractivity contribution in [1.82, 2.24) is 14.7 Å². The van der Waals surface area contributed by atoms with Crippen LogP contribution in [0.25, 0.3) is 6.08 Å². The van der Waals surface area contributed by atoms with Crippen molar-refractivity contribution in [2.75, 3.05) is 39.3 Å². The lowest BCUT2D eigenvalue weighted by Gasteiger charge is -2.39. The number of piperazine rings is 1. The average Bonchev–Trinajstić information content (AvgIpc) is 2.72. The van der Waals surface area contributed by atoms with Crippen LogP contribution in [-0.2, 0) is 9.59 Å². The van der Waals surface area contributed by atoms with Gasteiger partial charge in [0.05, 0.1) is 10.0 Å². The Bertz CT molecular complexity index is 762. The molecule has 2 saturated heterocycles. The molecule has 0 N–H and O–H groups in total. The van der Waals surface area contributed by atoms with E-state index in [1.165, 1.54) is 38.4 Å². The van der Waals surface area contributed by atoms with Gasteiger partial charge in [0, 0.05) is 25.7 Å². The molecular formula is C22H29Cl2N3O2. The molecule has 2 amide bonds. The first kappa shape index (κ1) is 22.1. The van der Waals surface area contributed by atoms with Gasteiger partial charge in [-0.25, -0.2) is 0 Å². The Balaban J connectivity index is 1.49. The standard InChI is InChI=1S/C22H29Cl2N3O2/c1-17-22(29)26(13-5-12-25-10-3-2-4-11-25)14-15-27(17)21(28)9-7-18-6-8-19(23)20(24)16-18/h6-9,16-17H,2-5,10-15H2,1H3/b9-7+. The van der Waals surface area contributed by atoms with Crippen LogP contribution in [0, 0.1) is 0 Å². The van der Waals surface area contributed by atoms with Crippen molar-refractivity contribution in [3.8, 4) is 0 Å². The van der Waals surface area contributed by atoms with Crippen LogP contribution in [0.15, 0.2) is 24.3 Å². The van der Waals surface area contributed by atoms with Gasteiger partial charge in [0.15, 0.2) is 0 Å². The molecule has 7 heteroatoms. The van der Waals surface area contributed by atoms with Gasteiger partial charge in [-0.3, -0.25) is 9.59 Å². The molecule has 2 heterocycles. The summed E-state index contributed by atoms with van der Waals surface area (Å²) < 4.78 is 0. The Morgan fingerprint density at radius 2 is 1.83 bits per heavy atom. The van der Waals surface area contributed by atoms with Gasteiger partial charge < -0.3 is 14.7 Å². The molecule has 2 fully saturated rings. The van der Waals surface area contributed by atoms with Crippen molar-refractivity contribution in [3.63, 3.8) is 0 Å². The predicted octanol–water partition coefficient (Wildman–Crippen LogP) is 3.94. The molecule has 1 aromatic carbocycles. The van der Waals surface area contributed by atoms with Crippen molar-refractivity contribution in [2.24, 2.45) is 0 Å². The van der Waals surface area contributed by atoms with Crippen molar-refractivity contribution < 1.29 is 9.59 Å². The number of benzene rings is 1. The van der Waals surface area contributed by atoms with E-state index in [0.717, 1.165) is 25.1 Å². The SMILES string of the molecule is CC1C(=O)N(CCCN2CCCCC2)CCN1C(=O)/C=C/c1ccc(Cl)c(Cl)c1. The van der Waals surface area contributed by atoms with Crippen LogP contribution in [-0.4, -0.2) is 71.8 Å². The van der Waals surface area contributed by atoms with Crippen molar-refractivity contribution in [3.05, 3.63) is 39.9 Å². The minimum Gasteiger partial charge on any atom is -0.339 e. The fourth-order valence-corrected chi connectivity index (χ4v) is 4.31. The van der Waals surface area contributed by atoms with E-state index in [9.17, 15) is 9.59 Å². The summed E-state index contributed by atoms with van der Waals surface area (Å²) in [4.78, 5) is 31.4. The molecule has 2 aliphatic rings. The third-order valence-electron chi connectivity index (χ3n) is 5.74. The number of hydrogen-bond donors (Lipinski definition) is 0. The van der Waals surface area contributed by atoms with E-state index in [2.05, 4.69) is 4.90 Å². The summed E-state index contributed by atoms with van der Waals surface area (Å²) in [5.41, 5.74) is 0.795. The highest BCUT2D eigenvalue weighted by Gasteiger charge is 2.33. The maximum atomic E-state index is 12.7. The molecule has 1 aromatic rings. The van der Waals surface area contributed by atoms with E-state index in [-0.39, 0.29) is 11.8 Å². The lowest BCUT2D eigenvalue weighted by molar-refractivity contribution is -0.148. The molecular weight excluding hydrogens is 409 g/mol. The number of carbonyl (C=O) groups is 2. The number of amides is 2. The highest BCUT2D eigenvalue weighted by Crippen LogP contribution is 2.23. The Morgan fingerprint density at radius 1 is 1.07 bits per heavy atom. The Morgan fingerprint density at radius 3 is 2.55 bits per heavy atom. The minimum atomic E-state index is -0.440. The van der Waals surface area contributed by atoms with Crippen LogP contribution < -0.4 is 0 Å². The summed E-state index contributed by atoms with van der Waals surface area (Å²) in [7, 11) is 0. The zero-order valence-corrected chi connectivity index (χ0v) is 18.5. The van der Waals surface area contributed by atoms with E-state index < -0.39 is 6.04 Å². The van der Waals surface area contributed by atoms with Crippen molar-refractivity contribution in [1.29, 1.82) is 0 Å². The zero-order chi connectivity index (χ0) is 20.8. The van der Waals surface area contributed by atoms with Crippen LogP contribution >= 0.6 is 23.2 Å². The maximum absolute atomic E-state index is 12.7. The molecule has 0 radical (unpaired) electrons. The largest absolute Gasteiger partial charge is 0.339 e. The molecule has 0 bridgehead atoms. The second-order valence-corrected chi connectivity index (χ2v) is 8.61. The fraction of sp³-hybridized carbons (Fsp3) is 0.545. The van der Waals surface area contributed by atoms with Gasteiger partial charge in [-0.15, -0.1) is 0 Å². The summed E-state index contributed by atoms with van der Waals surface area (Å²) in [6.45, 7) is 7.13. The van der Waals surface area contributed by atoms with Crippen molar-refractivity contribution in [2.45, 2.75) is 38.6 Å². The molecule has 0 aliphatic carbocycles. The number of halogens is 2. The molecule has 0 spiro atoms. The summed E-state index contributed by atoms with van der Waals surface area (Å²) in [6.07, 6.45) is 8.09. The molecule has 158 valence electrons. The van der Waals surface area contributed by atoms with Crippen LogP contribution in [0.5, 0.6) is 0 Å². The topological polar surface area (TPSA) is 43.9 Å². The summed E-state index contributed by atoms with van der Waals surface area (Å²) in [5.74, 6) is -0.129. The minimum absolute atomic E-state index is 0.0335. The van der Waals surface area contributed by atoms with E-state index >= 15 is 0 Å². The van der Waals surface area contributed by atoms with Crippen LogP contribution in [0.3, 0.4) is 0 Å². The summed E-state index contributed by atoms with van der Waals surface area (Å²) in [5, 5.41) is 0.925. The molecule has 3 rings (SSSR count). The normalized spacial score (nSPS) is 21.2. The second-order valence-electron chi connectivity index (χ2n) is 7.80. The zero-order valence-electron chi connectivity index (χ0n) is 16.9. The van der Waals surface area contributed by atoms with Gasteiger partial charge in [-0.1, -0.05) is 35.7 Å². The lowest BCUT2D eigenvalue weighted by Crippen LogP contribution is -2.57. The third kappa shape index (κ3) is 5.97. The number of carbonyl (C=O) groups excluding carboxylic acids is 2. The molecule has 5 nitrogen and oxygen atoms in total. The molecule has 2 aliphatic heterocycles. The second kappa shape index (κ2) is 10.5. The van der Waals surface area contributed by atoms with Crippen LogP contribution in [0.4, 0.5) is 0 Å². The number of hydrogen-bond acceptors (Lipinski definition) is 3. The summed E-state index contributed by atoms with van der Waals surface area (Å²) in [6, 6.07) is 4.77. The van der Waals surface area contributed by atoms with Gasteiger partial charge in [0.2, 0.25) is 11.8 Å². The highest BCUT2D eigenvalue weighted by atomic mass is 35.5. The maximum Gasteiger partial charge on any atom is 0.247 e. The third-order valence-corrected chi connectivity index (χ3v) is 6.48. The molecule has 0 aromatic heterocycles. The van der Waals surface area contributed by atoms with Gasteiger partial charge in [-0.2, -0.15) is 0 Å². The van der Waals surface area contributed by atoms with Crippen LogP contribution in [0.1, 0.15) is 38.2 Å². The summed E-state index contributed by atoms with van der Waals surface area (Å²) >= 11 is 11.9. The molecule has 1 unspecified atom stereocenters. The highest BCUT2D eigenvalue weighted by molar-refractivity contribution is 6.42. The first-order valence-corrected chi connectivity index (χ1v) is 11.2. The smallest absolute Gasteiger partial charge is 0.247 e. The van der Waals surface area contributed by atoms with Gasteiger partial charge >= 0.3 is 0 Å².